The molecule has 2 aromatic carbocycles. The highest BCUT2D eigenvalue weighted by Crippen LogP contribution is 2.39. The van der Waals surface area contributed by atoms with Gasteiger partial charge in [-0.2, -0.15) is 0 Å². The van der Waals surface area contributed by atoms with Crippen molar-refractivity contribution in [3.05, 3.63) is 53.1 Å². The molecule has 3 heteroatoms. The van der Waals surface area contributed by atoms with Crippen molar-refractivity contribution in [1.82, 2.24) is 0 Å². The zero-order chi connectivity index (χ0) is 16.6. The first-order valence-corrected chi connectivity index (χ1v) is 8.16. The molecule has 0 fully saturated rings. The normalized spacial score (nSPS) is 15.8. The molecule has 3 rings (SSSR count). The van der Waals surface area contributed by atoms with Crippen LogP contribution >= 0.6 is 0 Å². The van der Waals surface area contributed by atoms with E-state index in [1.807, 2.05) is 6.07 Å². The molecule has 0 aromatic heterocycles. The molecular formula is C20H26N2O. The highest BCUT2D eigenvalue weighted by molar-refractivity contribution is 5.75. The third-order valence-corrected chi connectivity index (χ3v) is 4.82. The minimum atomic E-state index is 0.0533. The van der Waals surface area contributed by atoms with Crippen LogP contribution in [0, 0.1) is 13.8 Å². The third-order valence-electron chi connectivity index (χ3n) is 4.82. The van der Waals surface area contributed by atoms with E-state index in [1.165, 1.54) is 28.1 Å². The Morgan fingerprint density at radius 1 is 1.13 bits per heavy atom. The number of rotatable bonds is 3. The minimum Gasteiger partial charge on any atom is -0.497 e. The molecule has 0 unspecified atom stereocenters. The van der Waals surface area contributed by atoms with Crippen LogP contribution in [0.1, 0.15) is 30.5 Å². The lowest BCUT2D eigenvalue weighted by atomic mass is 9.94. The second kappa shape index (κ2) is 5.80. The SMILES string of the molecule is COc1cccc(CN2c3cc(C)c(C)cc3NCC2(C)C)c1. The number of ether oxygens (including phenoxy) is 1. The van der Waals surface area contributed by atoms with Gasteiger partial charge >= 0.3 is 0 Å². The van der Waals surface area contributed by atoms with E-state index in [1.54, 1.807) is 7.11 Å². The number of methoxy groups -OCH3 is 1. The maximum absolute atomic E-state index is 5.37. The molecule has 23 heavy (non-hydrogen) atoms. The summed E-state index contributed by atoms with van der Waals surface area (Å²) in [7, 11) is 1.72. The van der Waals surface area contributed by atoms with Gasteiger partial charge in [-0.25, -0.2) is 0 Å². The first kappa shape index (κ1) is 15.7. The molecule has 1 aliphatic rings. The van der Waals surface area contributed by atoms with Gasteiger partial charge in [-0.15, -0.1) is 0 Å². The predicted molar refractivity (Wildman–Crippen MR) is 97.7 cm³/mol. The molecule has 2 aromatic rings. The first-order chi connectivity index (χ1) is 10.9. The summed E-state index contributed by atoms with van der Waals surface area (Å²) in [4.78, 5) is 2.50. The van der Waals surface area contributed by atoms with Crippen LogP contribution in [-0.4, -0.2) is 19.2 Å². The van der Waals surface area contributed by atoms with Crippen molar-refractivity contribution < 1.29 is 4.74 Å². The number of hydrogen-bond donors (Lipinski definition) is 1. The minimum absolute atomic E-state index is 0.0533. The van der Waals surface area contributed by atoms with Gasteiger partial charge in [0, 0.05) is 13.1 Å². The number of nitrogens with one attached hydrogen (secondary N) is 1. The summed E-state index contributed by atoms with van der Waals surface area (Å²) in [5.41, 5.74) is 6.50. The summed E-state index contributed by atoms with van der Waals surface area (Å²) in [6.45, 7) is 10.7. The largest absolute Gasteiger partial charge is 0.497 e. The van der Waals surface area contributed by atoms with Crippen LogP contribution in [0.3, 0.4) is 0 Å². The molecule has 0 atom stereocenters. The fourth-order valence-corrected chi connectivity index (χ4v) is 3.15. The van der Waals surface area contributed by atoms with E-state index >= 15 is 0 Å². The Morgan fingerprint density at radius 2 is 1.87 bits per heavy atom. The fourth-order valence-electron chi connectivity index (χ4n) is 3.15. The standard InChI is InChI=1S/C20H26N2O/c1-14-9-18-19(10-15(14)2)22(20(3,4)13-21-18)12-16-7-6-8-17(11-16)23-5/h6-11,21H,12-13H2,1-5H3. The second-order valence-electron chi connectivity index (χ2n) is 7.06. The van der Waals surface area contributed by atoms with Crippen molar-refractivity contribution in [1.29, 1.82) is 0 Å². The molecule has 0 spiro atoms. The summed E-state index contributed by atoms with van der Waals surface area (Å²) >= 11 is 0. The van der Waals surface area contributed by atoms with Gasteiger partial charge < -0.3 is 15.0 Å². The van der Waals surface area contributed by atoms with Crippen LogP contribution in [0.15, 0.2) is 36.4 Å². The van der Waals surface area contributed by atoms with E-state index in [-0.39, 0.29) is 5.54 Å². The van der Waals surface area contributed by atoms with Crippen molar-refractivity contribution in [2.24, 2.45) is 0 Å². The smallest absolute Gasteiger partial charge is 0.119 e. The van der Waals surface area contributed by atoms with E-state index in [9.17, 15) is 0 Å². The Bertz CT molecular complexity index is 722. The van der Waals surface area contributed by atoms with Gasteiger partial charge in [0.2, 0.25) is 0 Å². The Balaban J connectivity index is 2.01. The van der Waals surface area contributed by atoms with Crippen LogP contribution in [0.2, 0.25) is 0 Å². The van der Waals surface area contributed by atoms with E-state index in [0.717, 1.165) is 18.8 Å². The molecule has 0 aliphatic carbocycles. The van der Waals surface area contributed by atoms with Crippen molar-refractivity contribution in [2.75, 3.05) is 23.9 Å². The first-order valence-electron chi connectivity index (χ1n) is 8.16. The predicted octanol–water partition coefficient (Wildman–Crippen LogP) is 4.52. The molecule has 122 valence electrons. The molecular weight excluding hydrogens is 284 g/mol. The summed E-state index contributed by atoms with van der Waals surface area (Å²) in [6, 6.07) is 12.9. The highest BCUT2D eigenvalue weighted by atomic mass is 16.5. The van der Waals surface area contributed by atoms with Gasteiger partial charge in [0.05, 0.1) is 24.0 Å². The maximum Gasteiger partial charge on any atom is 0.119 e. The zero-order valence-corrected chi connectivity index (χ0v) is 14.7. The van der Waals surface area contributed by atoms with E-state index in [2.05, 4.69) is 68.2 Å². The molecule has 1 aliphatic heterocycles. The topological polar surface area (TPSA) is 24.5 Å². The van der Waals surface area contributed by atoms with Gasteiger partial charge in [0.25, 0.3) is 0 Å². The molecule has 0 radical (unpaired) electrons. The average Bonchev–Trinajstić information content (AvgIpc) is 2.52. The lowest BCUT2D eigenvalue weighted by molar-refractivity contribution is 0.413. The molecule has 3 nitrogen and oxygen atoms in total. The Labute approximate surface area is 139 Å². The lowest BCUT2D eigenvalue weighted by Gasteiger charge is -2.46. The molecule has 1 N–H and O–H groups in total. The highest BCUT2D eigenvalue weighted by Gasteiger charge is 2.33. The summed E-state index contributed by atoms with van der Waals surface area (Å²) in [6.07, 6.45) is 0. The van der Waals surface area contributed by atoms with Crippen molar-refractivity contribution in [3.63, 3.8) is 0 Å². The average molecular weight is 310 g/mol. The number of aryl methyl sites for hydroxylation is 2. The van der Waals surface area contributed by atoms with E-state index < -0.39 is 0 Å². The molecule has 0 saturated heterocycles. The van der Waals surface area contributed by atoms with Crippen LogP contribution < -0.4 is 15.0 Å². The number of nitrogens with zero attached hydrogens (tertiary/aromatic N) is 1. The fraction of sp³-hybridized carbons (Fsp3) is 0.400. The number of fused-ring (bicyclic) bond motifs is 1. The van der Waals surface area contributed by atoms with Gasteiger partial charge in [0.1, 0.15) is 5.75 Å². The van der Waals surface area contributed by atoms with Crippen LogP contribution in [0.25, 0.3) is 0 Å². The number of anilines is 2. The maximum atomic E-state index is 5.37. The lowest BCUT2D eigenvalue weighted by Crippen LogP contribution is -2.51. The quantitative estimate of drug-likeness (QED) is 0.902. The van der Waals surface area contributed by atoms with Crippen LogP contribution in [-0.2, 0) is 6.54 Å². The molecule has 0 bridgehead atoms. The second-order valence-corrected chi connectivity index (χ2v) is 7.06. The van der Waals surface area contributed by atoms with Crippen molar-refractivity contribution in [3.8, 4) is 5.75 Å². The Hall–Kier alpha value is -2.16. The van der Waals surface area contributed by atoms with Gasteiger partial charge in [0.15, 0.2) is 0 Å². The van der Waals surface area contributed by atoms with E-state index in [4.69, 9.17) is 4.74 Å². The van der Waals surface area contributed by atoms with E-state index in [0.29, 0.717) is 0 Å². The summed E-state index contributed by atoms with van der Waals surface area (Å²) in [5, 5.41) is 3.59. The summed E-state index contributed by atoms with van der Waals surface area (Å²) in [5.74, 6) is 0.913. The Morgan fingerprint density at radius 3 is 2.61 bits per heavy atom. The van der Waals surface area contributed by atoms with Crippen molar-refractivity contribution in [2.45, 2.75) is 39.8 Å². The van der Waals surface area contributed by atoms with Gasteiger partial charge in [-0.3, -0.25) is 0 Å². The van der Waals surface area contributed by atoms with Gasteiger partial charge in [-0.05, 0) is 68.7 Å². The van der Waals surface area contributed by atoms with Crippen molar-refractivity contribution >= 4 is 11.4 Å². The number of benzene rings is 2. The summed E-state index contributed by atoms with van der Waals surface area (Å²) < 4.78 is 5.37. The monoisotopic (exact) mass is 310 g/mol. The van der Waals surface area contributed by atoms with Gasteiger partial charge in [-0.1, -0.05) is 12.1 Å². The Kier molecular flexibility index (Phi) is 3.97. The molecule has 0 saturated carbocycles. The van der Waals surface area contributed by atoms with Crippen LogP contribution in [0.4, 0.5) is 11.4 Å². The molecule has 1 heterocycles. The number of hydrogen-bond acceptors (Lipinski definition) is 3. The molecule has 0 amide bonds. The zero-order valence-electron chi connectivity index (χ0n) is 14.7. The third kappa shape index (κ3) is 3.00. The van der Waals surface area contributed by atoms with Crippen LogP contribution in [0.5, 0.6) is 5.75 Å².